The Morgan fingerprint density at radius 2 is 1.91 bits per heavy atom. The topological polar surface area (TPSA) is 111 Å². The van der Waals surface area contributed by atoms with E-state index in [0.29, 0.717) is 16.5 Å². The van der Waals surface area contributed by atoms with Crippen LogP contribution < -0.4 is 5.32 Å². The number of benzene rings is 2. The highest BCUT2D eigenvalue weighted by molar-refractivity contribution is 6.06. The predicted octanol–water partition coefficient (Wildman–Crippen LogP) is 4.52. The van der Waals surface area contributed by atoms with Crippen molar-refractivity contribution in [3.05, 3.63) is 75.0 Å². The van der Waals surface area contributed by atoms with Crippen LogP contribution in [0.3, 0.4) is 0 Å². The molecule has 4 rings (SSSR count). The van der Waals surface area contributed by atoms with Crippen LogP contribution in [0.4, 0.5) is 11.4 Å². The van der Waals surface area contributed by atoms with Gasteiger partial charge < -0.3 is 10.1 Å². The van der Waals surface area contributed by atoms with Gasteiger partial charge in [-0.2, -0.15) is 0 Å². The summed E-state index contributed by atoms with van der Waals surface area (Å²) in [5.74, 6) is -1.13. The van der Waals surface area contributed by atoms with Crippen LogP contribution in [-0.4, -0.2) is 28.4 Å². The van der Waals surface area contributed by atoms with Crippen molar-refractivity contribution in [2.24, 2.45) is 0 Å². The molecule has 0 aliphatic heterocycles. The summed E-state index contributed by atoms with van der Waals surface area (Å²) >= 11 is 0. The van der Waals surface area contributed by atoms with Crippen LogP contribution >= 0.6 is 0 Å². The highest BCUT2D eigenvalue weighted by atomic mass is 16.6. The SMILES string of the molecule is Cc1ccc(NC(=O)COC(=O)c2c3c(nc4ccccc24)CCCCC3)cc1[N+](=O)[O-]. The molecule has 1 aliphatic rings. The van der Waals surface area contributed by atoms with E-state index in [1.807, 2.05) is 24.3 Å². The zero-order valence-corrected chi connectivity index (χ0v) is 17.7. The third kappa shape index (κ3) is 4.44. The predicted molar refractivity (Wildman–Crippen MR) is 120 cm³/mol. The van der Waals surface area contributed by atoms with Gasteiger partial charge in [0.25, 0.3) is 11.6 Å². The fourth-order valence-electron chi connectivity index (χ4n) is 4.07. The number of nitrogens with zero attached hydrogens (tertiary/aromatic N) is 2. The van der Waals surface area contributed by atoms with Gasteiger partial charge in [-0.15, -0.1) is 0 Å². The van der Waals surface area contributed by atoms with E-state index in [9.17, 15) is 19.7 Å². The van der Waals surface area contributed by atoms with E-state index < -0.39 is 23.4 Å². The Morgan fingerprint density at radius 1 is 1.12 bits per heavy atom. The third-order valence-electron chi connectivity index (χ3n) is 5.65. The Labute approximate surface area is 184 Å². The molecule has 2 aromatic carbocycles. The molecule has 0 radical (unpaired) electrons. The van der Waals surface area contributed by atoms with Gasteiger partial charge in [0.05, 0.1) is 16.0 Å². The Bertz CT molecular complexity index is 1220. The third-order valence-corrected chi connectivity index (χ3v) is 5.65. The summed E-state index contributed by atoms with van der Waals surface area (Å²) in [6, 6.07) is 11.8. The average molecular weight is 433 g/mol. The minimum Gasteiger partial charge on any atom is -0.452 e. The second-order valence-electron chi connectivity index (χ2n) is 7.87. The molecule has 32 heavy (non-hydrogen) atoms. The number of amides is 1. The Balaban J connectivity index is 1.53. The van der Waals surface area contributed by atoms with Crippen molar-refractivity contribution >= 4 is 34.2 Å². The van der Waals surface area contributed by atoms with Crippen LogP contribution in [0.5, 0.6) is 0 Å². The number of nitro benzene ring substituents is 1. The molecule has 0 atom stereocenters. The van der Waals surface area contributed by atoms with E-state index in [-0.39, 0.29) is 11.4 Å². The van der Waals surface area contributed by atoms with E-state index >= 15 is 0 Å². The second kappa shape index (κ2) is 9.13. The monoisotopic (exact) mass is 433 g/mol. The zero-order valence-electron chi connectivity index (χ0n) is 17.7. The molecular weight excluding hydrogens is 410 g/mol. The van der Waals surface area contributed by atoms with Crippen LogP contribution in [0.2, 0.25) is 0 Å². The van der Waals surface area contributed by atoms with Gasteiger partial charge in [0.2, 0.25) is 0 Å². The number of fused-ring (bicyclic) bond motifs is 2. The highest BCUT2D eigenvalue weighted by Gasteiger charge is 2.23. The molecule has 3 aromatic rings. The van der Waals surface area contributed by atoms with Gasteiger partial charge in [-0.05, 0) is 50.3 Å². The lowest BCUT2D eigenvalue weighted by Crippen LogP contribution is -2.22. The lowest BCUT2D eigenvalue weighted by Gasteiger charge is -2.15. The number of para-hydroxylation sites is 1. The van der Waals surface area contributed by atoms with Gasteiger partial charge in [-0.3, -0.25) is 19.9 Å². The number of rotatable bonds is 5. The number of aryl methyl sites for hydroxylation is 2. The summed E-state index contributed by atoms with van der Waals surface area (Å²) in [5.41, 5.74) is 3.70. The first-order valence-corrected chi connectivity index (χ1v) is 10.6. The number of nitro groups is 1. The van der Waals surface area contributed by atoms with Crippen molar-refractivity contribution in [1.82, 2.24) is 4.98 Å². The smallest absolute Gasteiger partial charge is 0.339 e. The number of aromatic nitrogens is 1. The zero-order chi connectivity index (χ0) is 22.7. The first kappa shape index (κ1) is 21.4. The number of nitrogens with one attached hydrogen (secondary N) is 1. The number of pyridine rings is 1. The van der Waals surface area contributed by atoms with E-state index in [1.54, 1.807) is 19.1 Å². The van der Waals surface area contributed by atoms with Gasteiger partial charge in [-0.1, -0.05) is 30.7 Å². The van der Waals surface area contributed by atoms with Gasteiger partial charge in [0, 0.05) is 28.4 Å². The van der Waals surface area contributed by atoms with Crippen molar-refractivity contribution in [2.75, 3.05) is 11.9 Å². The quantitative estimate of drug-likeness (QED) is 0.274. The van der Waals surface area contributed by atoms with Gasteiger partial charge in [0.15, 0.2) is 6.61 Å². The number of esters is 1. The molecule has 0 unspecified atom stereocenters. The maximum absolute atomic E-state index is 13.1. The van der Waals surface area contributed by atoms with Crippen molar-refractivity contribution in [2.45, 2.75) is 39.0 Å². The van der Waals surface area contributed by atoms with Crippen molar-refractivity contribution < 1.29 is 19.2 Å². The van der Waals surface area contributed by atoms with Crippen LogP contribution in [0.25, 0.3) is 10.9 Å². The molecule has 0 fully saturated rings. The van der Waals surface area contributed by atoms with Crippen LogP contribution in [0.15, 0.2) is 42.5 Å². The molecule has 8 heteroatoms. The Morgan fingerprint density at radius 3 is 2.72 bits per heavy atom. The molecule has 1 heterocycles. The molecule has 8 nitrogen and oxygen atoms in total. The van der Waals surface area contributed by atoms with E-state index in [4.69, 9.17) is 9.72 Å². The summed E-state index contributed by atoms with van der Waals surface area (Å²) in [6.07, 6.45) is 4.63. The molecule has 0 saturated heterocycles. The highest BCUT2D eigenvalue weighted by Crippen LogP contribution is 2.29. The Kier molecular flexibility index (Phi) is 6.11. The number of anilines is 1. The summed E-state index contributed by atoms with van der Waals surface area (Å²) in [5, 5.41) is 14.4. The van der Waals surface area contributed by atoms with Gasteiger partial charge in [0.1, 0.15) is 0 Å². The van der Waals surface area contributed by atoms with Gasteiger partial charge >= 0.3 is 5.97 Å². The molecule has 0 bridgehead atoms. The first-order chi connectivity index (χ1) is 15.4. The maximum atomic E-state index is 13.1. The van der Waals surface area contributed by atoms with Crippen molar-refractivity contribution in [1.29, 1.82) is 0 Å². The number of carbonyl (C=O) groups is 2. The van der Waals surface area contributed by atoms with Crippen LogP contribution in [0.1, 0.15) is 46.4 Å². The van der Waals surface area contributed by atoms with Crippen molar-refractivity contribution in [3.8, 4) is 0 Å². The molecule has 1 aromatic heterocycles. The lowest BCUT2D eigenvalue weighted by atomic mass is 9.97. The minimum absolute atomic E-state index is 0.0919. The van der Waals surface area contributed by atoms with Crippen LogP contribution in [-0.2, 0) is 22.4 Å². The average Bonchev–Trinajstić information content (AvgIpc) is 3.02. The van der Waals surface area contributed by atoms with E-state index in [0.717, 1.165) is 48.9 Å². The lowest BCUT2D eigenvalue weighted by molar-refractivity contribution is -0.385. The first-order valence-electron chi connectivity index (χ1n) is 10.6. The molecule has 1 amide bonds. The molecule has 0 saturated carbocycles. The van der Waals surface area contributed by atoms with Crippen LogP contribution in [0, 0.1) is 17.0 Å². The Hall–Kier alpha value is -3.81. The molecule has 1 N–H and O–H groups in total. The molecule has 0 spiro atoms. The maximum Gasteiger partial charge on any atom is 0.339 e. The number of hydrogen-bond donors (Lipinski definition) is 1. The summed E-state index contributed by atoms with van der Waals surface area (Å²) in [4.78, 5) is 40.8. The van der Waals surface area contributed by atoms with Crippen molar-refractivity contribution in [3.63, 3.8) is 0 Å². The fraction of sp³-hybridized carbons (Fsp3) is 0.292. The largest absolute Gasteiger partial charge is 0.452 e. The molecule has 164 valence electrons. The summed E-state index contributed by atoms with van der Waals surface area (Å²) in [7, 11) is 0. The summed E-state index contributed by atoms with van der Waals surface area (Å²) in [6.45, 7) is 1.12. The van der Waals surface area contributed by atoms with E-state index in [2.05, 4.69) is 5.32 Å². The van der Waals surface area contributed by atoms with Gasteiger partial charge in [-0.25, -0.2) is 4.79 Å². The molecular formula is C24H23N3O5. The number of hydrogen-bond acceptors (Lipinski definition) is 6. The number of ether oxygens (including phenoxy) is 1. The fourth-order valence-corrected chi connectivity index (χ4v) is 4.07. The number of carbonyl (C=O) groups excluding carboxylic acids is 2. The normalized spacial score (nSPS) is 13.2. The summed E-state index contributed by atoms with van der Waals surface area (Å²) < 4.78 is 5.37. The standard InChI is InChI=1S/C24H23N3O5/c1-15-11-12-16(13-21(15)27(30)31)25-22(28)14-32-24(29)23-17-7-3-2-4-9-19(17)26-20-10-6-5-8-18(20)23/h5-6,8,10-13H,2-4,7,9,14H2,1H3,(H,25,28). The minimum atomic E-state index is -0.569. The van der Waals surface area contributed by atoms with E-state index in [1.165, 1.54) is 6.07 Å². The second-order valence-corrected chi connectivity index (χ2v) is 7.87. The molecule has 1 aliphatic carbocycles.